The number of carbonyl (C=O) groups is 2. The smallest absolute Gasteiger partial charge is 0.243 e. The number of para-hydroxylation sites is 4. The van der Waals surface area contributed by atoms with Gasteiger partial charge in [-0.1, -0.05) is 24.3 Å². The van der Waals surface area contributed by atoms with Crippen LogP contribution in [0.25, 0.3) is 11.0 Å². The van der Waals surface area contributed by atoms with E-state index in [9.17, 15) is 9.59 Å². The molecule has 34 heavy (non-hydrogen) atoms. The zero-order valence-corrected chi connectivity index (χ0v) is 20.7. The Kier molecular flexibility index (Phi) is 6.91. The predicted octanol–water partition coefficient (Wildman–Crippen LogP) is 4.60. The van der Waals surface area contributed by atoms with E-state index in [2.05, 4.69) is 0 Å². The van der Waals surface area contributed by atoms with Crippen LogP contribution >= 0.6 is 0 Å². The third kappa shape index (κ3) is 4.52. The number of imidazole rings is 1. The second-order valence-electron chi connectivity index (χ2n) is 9.34. The number of rotatable bonds is 8. The molecular formula is C27H34N4O3. The Balaban J connectivity index is 1.69. The van der Waals surface area contributed by atoms with E-state index in [-0.39, 0.29) is 36.4 Å². The Morgan fingerprint density at radius 3 is 2.47 bits per heavy atom. The summed E-state index contributed by atoms with van der Waals surface area (Å²) in [6.07, 6.45) is 0.343. The first-order valence-corrected chi connectivity index (χ1v) is 12.1. The number of anilines is 1. The molecule has 0 saturated carbocycles. The van der Waals surface area contributed by atoms with Gasteiger partial charge in [-0.2, -0.15) is 0 Å². The third-order valence-corrected chi connectivity index (χ3v) is 6.32. The maximum absolute atomic E-state index is 13.4. The number of hydrogen-bond acceptors (Lipinski definition) is 4. The molecule has 2 aromatic carbocycles. The summed E-state index contributed by atoms with van der Waals surface area (Å²) >= 11 is 0. The van der Waals surface area contributed by atoms with Crippen molar-refractivity contribution < 1.29 is 14.3 Å². The van der Waals surface area contributed by atoms with Crippen LogP contribution in [-0.4, -0.2) is 51.5 Å². The van der Waals surface area contributed by atoms with Gasteiger partial charge in [-0.3, -0.25) is 9.59 Å². The average molecular weight is 463 g/mol. The minimum absolute atomic E-state index is 0.0353. The van der Waals surface area contributed by atoms with Crippen molar-refractivity contribution in [2.75, 3.05) is 18.1 Å². The Bertz CT molecular complexity index is 1180. The molecule has 1 unspecified atom stereocenters. The van der Waals surface area contributed by atoms with E-state index < -0.39 is 0 Å². The van der Waals surface area contributed by atoms with Crippen LogP contribution in [0.15, 0.2) is 48.5 Å². The fourth-order valence-corrected chi connectivity index (χ4v) is 5.03. The molecule has 7 heteroatoms. The van der Waals surface area contributed by atoms with Gasteiger partial charge in [-0.05, 0) is 58.9 Å². The first-order chi connectivity index (χ1) is 16.3. The van der Waals surface area contributed by atoms with Crippen LogP contribution in [0.3, 0.4) is 0 Å². The van der Waals surface area contributed by atoms with Crippen molar-refractivity contribution in [1.82, 2.24) is 14.5 Å². The topological polar surface area (TPSA) is 67.7 Å². The lowest BCUT2D eigenvalue weighted by Gasteiger charge is -2.31. The second kappa shape index (κ2) is 9.87. The van der Waals surface area contributed by atoms with Crippen molar-refractivity contribution in [3.8, 4) is 5.75 Å². The van der Waals surface area contributed by atoms with Gasteiger partial charge in [0.15, 0.2) is 0 Å². The standard InChI is InChI=1S/C27H34N4O3/c1-6-34-24-14-10-9-13-23(24)29-16-20(15-25(29)32)27-28-21-11-7-8-12-22(21)30(27)17-26(33)31(18(2)3)19(4)5/h7-14,18-20H,6,15-17H2,1-5H3. The summed E-state index contributed by atoms with van der Waals surface area (Å²) in [7, 11) is 0. The number of benzene rings is 2. The fraction of sp³-hybridized carbons (Fsp3) is 0.444. The van der Waals surface area contributed by atoms with Crippen molar-refractivity contribution in [2.45, 2.75) is 65.6 Å². The highest BCUT2D eigenvalue weighted by atomic mass is 16.5. The molecule has 1 aliphatic heterocycles. The van der Waals surface area contributed by atoms with Crippen LogP contribution in [0.4, 0.5) is 5.69 Å². The van der Waals surface area contributed by atoms with Crippen molar-refractivity contribution in [2.24, 2.45) is 0 Å². The Hall–Kier alpha value is -3.35. The molecular weight excluding hydrogens is 428 g/mol. The zero-order valence-electron chi connectivity index (χ0n) is 20.7. The van der Waals surface area contributed by atoms with Gasteiger partial charge < -0.3 is 19.1 Å². The monoisotopic (exact) mass is 462 g/mol. The second-order valence-corrected chi connectivity index (χ2v) is 9.34. The molecule has 0 N–H and O–H groups in total. The summed E-state index contributed by atoms with van der Waals surface area (Å²) in [6.45, 7) is 11.3. The molecule has 0 bridgehead atoms. The van der Waals surface area contributed by atoms with E-state index in [4.69, 9.17) is 9.72 Å². The van der Waals surface area contributed by atoms with Gasteiger partial charge in [0.25, 0.3) is 0 Å². The minimum atomic E-state index is -0.117. The minimum Gasteiger partial charge on any atom is -0.492 e. The quantitative estimate of drug-likeness (QED) is 0.491. The van der Waals surface area contributed by atoms with Gasteiger partial charge in [-0.15, -0.1) is 0 Å². The third-order valence-electron chi connectivity index (χ3n) is 6.32. The summed E-state index contributed by atoms with van der Waals surface area (Å²) < 4.78 is 7.77. The largest absolute Gasteiger partial charge is 0.492 e. The molecule has 0 aliphatic carbocycles. The van der Waals surface area contributed by atoms with Gasteiger partial charge in [0.05, 0.1) is 23.3 Å². The van der Waals surface area contributed by atoms with Gasteiger partial charge in [0.1, 0.15) is 18.1 Å². The lowest BCUT2D eigenvalue weighted by Crippen LogP contribution is -2.44. The fourth-order valence-electron chi connectivity index (χ4n) is 5.03. The first kappa shape index (κ1) is 23.8. The van der Waals surface area contributed by atoms with Gasteiger partial charge >= 0.3 is 0 Å². The first-order valence-electron chi connectivity index (χ1n) is 12.1. The summed E-state index contributed by atoms with van der Waals surface area (Å²) in [4.78, 5) is 35.1. The number of hydrogen-bond donors (Lipinski definition) is 0. The number of carbonyl (C=O) groups excluding carboxylic acids is 2. The van der Waals surface area contributed by atoms with E-state index in [1.807, 2.05) is 92.6 Å². The maximum Gasteiger partial charge on any atom is 0.243 e. The number of nitrogens with zero attached hydrogens (tertiary/aromatic N) is 4. The molecule has 0 spiro atoms. The van der Waals surface area contributed by atoms with E-state index in [0.717, 1.165) is 22.5 Å². The number of ether oxygens (including phenoxy) is 1. The Morgan fingerprint density at radius 2 is 1.76 bits per heavy atom. The van der Waals surface area contributed by atoms with Gasteiger partial charge in [-0.25, -0.2) is 4.98 Å². The van der Waals surface area contributed by atoms with Crippen LogP contribution in [0.5, 0.6) is 5.75 Å². The lowest BCUT2D eigenvalue weighted by atomic mass is 10.1. The van der Waals surface area contributed by atoms with Gasteiger partial charge in [0.2, 0.25) is 11.8 Å². The van der Waals surface area contributed by atoms with E-state index in [0.29, 0.717) is 25.3 Å². The molecule has 180 valence electrons. The summed E-state index contributed by atoms with van der Waals surface area (Å²) in [5, 5.41) is 0. The van der Waals surface area contributed by atoms with Crippen LogP contribution in [0, 0.1) is 0 Å². The molecule has 1 atom stereocenters. The average Bonchev–Trinajstić information content (AvgIpc) is 3.34. The Morgan fingerprint density at radius 1 is 1.09 bits per heavy atom. The molecule has 0 radical (unpaired) electrons. The van der Waals surface area contributed by atoms with Crippen LogP contribution in [0.2, 0.25) is 0 Å². The summed E-state index contributed by atoms with van der Waals surface area (Å²) in [6, 6.07) is 15.7. The molecule has 1 saturated heterocycles. The van der Waals surface area contributed by atoms with Crippen molar-refractivity contribution in [1.29, 1.82) is 0 Å². The molecule has 1 aromatic heterocycles. The van der Waals surface area contributed by atoms with E-state index in [1.54, 1.807) is 4.90 Å². The van der Waals surface area contributed by atoms with Crippen LogP contribution < -0.4 is 9.64 Å². The molecule has 7 nitrogen and oxygen atoms in total. The number of amides is 2. The number of fused-ring (bicyclic) bond motifs is 1. The summed E-state index contributed by atoms with van der Waals surface area (Å²) in [5.41, 5.74) is 2.53. The highest BCUT2D eigenvalue weighted by Gasteiger charge is 2.36. The molecule has 4 rings (SSSR count). The predicted molar refractivity (Wildman–Crippen MR) is 134 cm³/mol. The highest BCUT2D eigenvalue weighted by molar-refractivity contribution is 5.98. The van der Waals surface area contributed by atoms with Crippen LogP contribution in [0.1, 0.15) is 52.8 Å². The molecule has 2 heterocycles. The maximum atomic E-state index is 13.4. The molecule has 1 fully saturated rings. The Labute approximate surface area is 201 Å². The molecule has 3 aromatic rings. The van der Waals surface area contributed by atoms with Crippen molar-refractivity contribution in [3.63, 3.8) is 0 Å². The summed E-state index contributed by atoms with van der Waals surface area (Å²) in [5.74, 6) is 1.46. The number of aromatic nitrogens is 2. The SMILES string of the molecule is CCOc1ccccc1N1CC(c2nc3ccccc3n2CC(=O)N(C(C)C)C(C)C)CC1=O. The van der Waals surface area contributed by atoms with E-state index >= 15 is 0 Å². The van der Waals surface area contributed by atoms with Crippen molar-refractivity contribution in [3.05, 3.63) is 54.4 Å². The molecule has 2 amide bonds. The van der Waals surface area contributed by atoms with E-state index in [1.165, 1.54) is 0 Å². The van der Waals surface area contributed by atoms with Crippen molar-refractivity contribution >= 4 is 28.5 Å². The van der Waals surface area contributed by atoms with Gasteiger partial charge in [0, 0.05) is 31.0 Å². The lowest BCUT2D eigenvalue weighted by molar-refractivity contribution is -0.135. The normalized spacial score (nSPS) is 16.1. The molecule has 1 aliphatic rings. The highest BCUT2D eigenvalue weighted by Crippen LogP contribution is 2.37. The van der Waals surface area contributed by atoms with Crippen LogP contribution in [-0.2, 0) is 16.1 Å². The zero-order chi connectivity index (χ0) is 24.4.